The molecule has 0 unspecified atom stereocenters. The molecule has 0 radical (unpaired) electrons. The predicted molar refractivity (Wildman–Crippen MR) is 94.1 cm³/mol. The molecule has 0 fully saturated rings. The number of hydrogen-bond donors (Lipinski definition) is 1. The number of aryl methyl sites for hydroxylation is 1. The number of rotatable bonds is 4. The van der Waals surface area contributed by atoms with E-state index in [1.165, 1.54) is 12.1 Å². The Hall–Kier alpha value is -2.05. The van der Waals surface area contributed by atoms with Gasteiger partial charge in [0.1, 0.15) is 5.58 Å². The van der Waals surface area contributed by atoms with E-state index in [1.54, 1.807) is 12.1 Å². The minimum Gasteiger partial charge on any atom is -0.423 e. The van der Waals surface area contributed by atoms with Crippen LogP contribution in [0.5, 0.6) is 0 Å². The molecule has 0 spiro atoms. The third-order valence-corrected chi connectivity index (χ3v) is 6.22. The fraction of sp³-hybridized carbons (Fsp3) is 0.294. The van der Waals surface area contributed by atoms with Crippen LogP contribution in [0.25, 0.3) is 11.0 Å². The van der Waals surface area contributed by atoms with E-state index >= 15 is 0 Å². The van der Waals surface area contributed by atoms with Gasteiger partial charge in [0.05, 0.1) is 4.88 Å². The van der Waals surface area contributed by atoms with Gasteiger partial charge in [-0.25, -0.2) is 9.78 Å². The molecule has 3 aromatic rings. The quantitative estimate of drug-likeness (QED) is 0.429. The second kappa shape index (κ2) is 7.33. The highest BCUT2D eigenvalue weighted by atomic mass is 32.2. The Bertz CT molecular complexity index is 1090. The van der Waals surface area contributed by atoms with Crippen LogP contribution in [0.15, 0.2) is 48.9 Å². The molecule has 0 amide bonds. The van der Waals surface area contributed by atoms with Crippen LogP contribution in [0.3, 0.4) is 0 Å². The van der Waals surface area contributed by atoms with Crippen LogP contribution in [0, 0.1) is 0 Å². The Balaban J connectivity index is 1.97. The number of halogens is 6. The molecule has 4 nitrogen and oxygen atoms in total. The first kappa shape index (κ1) is 21.7. The zero-order valence-corrected chi connectivity index (χ0v) is 16.0. The van der Waals surface area contributed by atoms with Crippen molar-refractivity contribution in [3.05, 3.63) is 51.3 Å². The fourth-order valence-electron chi connectivity index (χ4n) is 2.58. The molecule has 2 aromatic heterocycles. The highest BCUT2D eigenvalue weighted by Crippen LogP contribution is 2.52. The van der Waals surface area contributed by atoms with Crippen molar-refractivity contribution in [3.8, 4) is 0 Å². The maximum absolute atomic E-state index is 13.0. The smallest absolute Gasteiger partial charge is 0.423 e. The van der Waals surface area contributed by atoms with Crippen LogP contribution in [0.4, 0.5) is 26.3 Å². The second-order valence-corrected chi connectivity index (χ2v) is 8.25. The summed E-state index contributed by atoms with van der Waals surface area (Å²) in [6, 6.07) is 6.00. The first-order chi connectivity index (χ1) is 13.4. The topological polar surface area (TPSA) is 63.3 Å². The summed E-state index contributed by atoms with van der Waals surface area (Å²) in [5, 5.41) is 10.1. The molecule has 0 saturated heterocycles. The van der Waals surface area contributed by atoms with Crippen molar-refractivity contribution < 1.29 is 35.9 Å². The second-order valence-electron chi connectivity index (χ2n) is 5.90. The number of aliphatic hydroxyl groups is 1. The number of aromatic nitrogens is 1. The molecule has 12 heteroatoms. The molecule has 2 heterocycles. The summed E-state index contributed by atoms with van der Waals surface area (Å²) in [4.78, 5) is 14.2. The summed E-state index contributed by atoms with van der Waals surface area (Å²) < 4.78 is 82.8. The average Bonchev–Trinajstić information content (AvgIpc) is 3.06. The van der Waals surface area contributed by atoms with E-state index in [0.717, 1.165) is 17.3 Å². The normalized spacial score (nSPS) is 13.2. The first-order valence-corrected chi connectivity index (χ1v) is 9.57. The van der Waals surface area contributed by atoms with E-state index < -0.39 is 28.5 Å². The van der Waals surface area contributed by atoms with Crippen molar-refractivity contribution in [2.45, 2.75) is 40.5 Å². The zero-order chi connectivity index (χ0) is 21.6. The van der Waals surface area contributed by atoms with Gasteiger partial charge in [0.2, 0.25) is 0 Å². The standard InChI is InChI=1S/C17H11F6NO3S2/c1-2-8-5-13(25)27-11-6-9(3-4-10(8)11)28-14-24-7-12(29-14)15(26,16(18,19)20)17(21,22)23/h3-7,26H,2H2,1H3. The van der Waals surface area contributed by atoms with E-state index in [4.69, 9.17) is 4.42 Å². The molecule has 29 heavy (non-hydrogen) atoms. The van der Waals surface area contributed by atoms with Crippen molar-refractivity contribution in [1.29, 1.82) is 0 Å². The van der Waals surface area contributed by atoms with Crippen LogP contribution in [-0.4, -0.2) is 22.4 Å². The summed E-state index contributed by atoms with van der Waals surface area (Å²) >= 11 is 0.854. The van der Waals surface area contributed by atoms with Crippen LogP contribution in [-0.2, 0) is 12.0 Å². The number of thiazole rings is 1. The van der Waals surface area contributed by atoms with Crippen molar-refractivity contribution in [2.75, 3.05) is 0 Å². The Kier molecular flexibility index (Phi) is 5.47. The lowest BCUT2D eigenvalue weighted by molar-refractivity contribution is -0.375. The lowest BCUT2D eigenvalue weighted by atomic mass is 10.0. The number of hydrogen-bond acceptors (Lipinski definition) is 6. The summed E-state index contributed by atoms with van der Waals surface area (Å²) in [6.45, 7) is 1.84. The van der Waals surface area contributed by atoms with Gasteiger partial charge in [-0.3, -0.25) is 0 Å². The molecule has 0 saturated carbocycles. The van der Waals surface area contributed by atoms with Gasteiger partial charge in [-0.1, -0.05) is 18.7 Å². The Morgan fingerprint density at radius 2 is 1.79 bits per heavy atom. The molecule has 0 aliphatic rings. The van der Waals surface area contributed by atoms with Crippen LogP contribution in [0.1, 0.15) is 17.4 Å². The molecular weight excluding hydrogens is 444 g/mol. The Morgan fingerprint density at radius 1 is 1.14 bits per heavy atom. The number of alkyl halides is 6. The molecule has 0 bridgehead atoms. The van der Waals surface area contributed by atoms with Gasteiger partial charge in [-0.05, 0) is 30.2 Å². The Labute approximate surface area is 167 Å². The lowest BCUT2D eigenvalue weighted by Crippen LogP contribution is -2.53. The maximum Gasteiger partial charge on any atom is 0.431 e. The summed E-state index contributed by atoms with van der Waals surface area (Å²) in [6.07, 6.45) is -11.0. The summed E-state index contributed by atoms with van der Waals surface area (Å²) in [7, 11) is 0. The van der Waals surface area contributed by atoms with Gasteiger partial charge in [0, 0.05) is 22.5 Å². The summed E-state index contributed by atoms with van der Waals surface area (Å²) in [5.41, 5.74) is -4.61. The van der Waals surface area contributed by atoms with E-state index in [9.17, 15) is 36.2 Å². The van der Waals surface area contributed by atoms with Gasteiger partial charge in [-0.2, -0.15) is 26.3 Å². The number of nitrogens with zero attached hydrogens (tertiary/aromatic N) is 1. The lowest BCUT2D eigenvalue weighted by Gasteiger charge is -2.30. The third kappa shape index (κ3) is 3.88. The summed E-state index contributed by atoms with van der Waals surface area (Å²) in [5.74, 6) is 0. The number of fused-ring (bicyclic) bond motifs is 1. The van der Waals surface area contributed by atoms with Crippen LogP contribution >= 0.6 is 23.1 Å². The largest absolute Gasteiger partial charge is 0.431 e. The van der Waals surface area contributed by atoms with Crippen LogP contribution < -0.4 is 5.63 Å². The highest BCUT2D eigenvalue weighted by Gasteiger charge is 2.72. The van der Waals surface area contributed by atoms with Gasteiger partial charge >= 0.3 is 18.0 Å². The molecule has 0 atom stereocenters. The monoisotopic (exact) mass is 455 g/mol. The average molecular weight is 455 g/mol. The van der Waals surface area contributed by atoms with Gasteiger partial charge in [0.25, 0.3) is 5.60 Å². The Morgan fingerprint density at radius 3 is 2.38 bits per heavy atom. The predicted octanol–water partition coefficient (Wildman–Crippen LogP) is 5.28. The molecule has 3 rings (SSSR count). The minimum absolute atomic E-state index is 0.0741. The SMILES string of the molecule is CCc1cc(=O)oc2cc(Sc3ncc(C(O)(C(F)(F)F)C(F)(F)F)s3)ccc12. The number of benzene rings is 1. The maximum atomic E-state index is 13.0. The highest BCUT2D eigenvalue weighted by molar-refractivity contribution is 8.01. The van der Waals surface area contributed by atoms with E-state index in [1.807, 2.05) is 6.92 Å². The molecule has 1 N–H and O–H groups in total. The van der Waals surface area contributed by atoms with Crippen molar-refractivity contribution >= 4 is 34.1 Å². The first-order valence-electron chi connectivity index (χ1n) is 7.93. The third-order valence-electron chi connectivity index (χ3n) is 4.05. The van der Waals surface area contributed by atoms with Crippen molar-refractivity contribution in [2.24, 2.45) is 0 Å². The van der Waals surface area contributed by atoms with Gasteiger partial charge in [-0.15, -0.1) is 11.3 Å². The molecule has 1 aromatic carbocycles. The minimum atomic E-state index is -5.97. The van der Waals surface area contributed by atoms with E-state index in [2.05, 4.69) is 4.98 Å². The molecular formula is C17H11F6NO3S2. The van der Waals surface area contributed by atoms with Gasteiger partial charge in [0.15, 0.2) is 4.34 Å². The van der Waals surface area contributed by atoms with E-state index in [-0.39, 0.29) is 21.3 Å². The van der Waals surface area contributed by atoms with Crippen molar-refractivity contribution in [3.63, 3.8) is 0 Å². The molecule has 0 aliphatic carbocycles. The molecule has 0 aliphatic heterocycles. The fourth-order valence-corrected chi connectivity index (χ4v) is 4.69. The molecule has 156 valence electrons. The zero-order valence-electron chi connectivity index (χ0n) is 14.4. The van der Waals surface area contributed by atoms with E-state index in [0.29, 0.717) is 22.9 Å². The van der Waals surface area contributed by atoms with Crippen molar-refractivity contribution in [1.82, 2.24) is 4.98 Å². The van der Waals surface area contributed by atoms with Gasteiger partial charge < -0.3 is 9.52 Å². The van der Waals surface area contributed by atoms with Crippen LogP contribution in [0.2, 0.25) is 0 Å².